The summed E-state index contributed by atoms with van der Waals surface area (Å²) >= 11 is 0. The number of amides is 2. The van der Waals surface area contributed by atoms with Gasteiger partial charge in [0.15, 0.2) is 0 Å². The van der Waals surface area contributed by atoms with Crippen molar-refractivity contribution in [3.8, 4) is 5.75 Å². The van der Waals surface area contributed by atoms with Gasteiger partial charge in [-0.1, -0.05) is 6.08 Å². The molecular weight excluding hydrogens is 420 g/mol. The molecule has 160 valence electrons. The third-order valence-electron chi connectivity index (χ3n) is 5.19. The average Bonchev–Trinajstić information content (AvgIpc) is 2.91. The maximum atomic E-state index is 12.8. The smallest absolute Gasteiger partial charge is 0.339 e. The molecule has 4 rings (SSSR count). The Balaban J connectivity index is 1.73. The molecular formula is C22H20N2O6S. The minimum atomic E-state index is -4.21. The van der Waals surface area contributed by atoms with E-state index in [2.05, 4.69) is 5.32 Å². The van der Waals surface area contributed by atoms with Gasteiger partial charge in [0.25, 0.3) is 11.7 Å². The quantitative estimate of drug-likeness (QED) is 0.578. The summed E-state index contributed by atoms with van der Waals surface area (Å²) in [6.45, 7) is 6.85. The third-order valence-corrected chi connectivity index (χ3v) is 6.45. The maximum Gasteiger partial charge on any atom is 0.339 e. The van der Waals surface area contributed by atoms with Crippen LogP contribution in [0.4, 0.5) is 11.4 Å². The first-order valence-corrected chi connectivity index (χ1v) is 10.9. The molecule has 2 aliphatic heterocycles. The number of benzene rings is 2. The van der Waals surface area contributed by atoms with E-state index in [-0.39, 0.29) is 22.1 Å². The normalized spacial score (nSPS) is 16.6. The summed E-state index contributed by atoms with van der Waals surface area (Å²) in [4.78, 5) is 37.6. The van der Waals surface area contributed by atoms with E-state index in [0.717, 1.165) is 5.57 Å². The molecule has 0 fully saturated rings. The second kappa shape index (κ2) is 6.78. The number of rotatable bonds is 4. The molecule has 0 saturated carbocycles. The molecule has 1 N–H and O–H groups in total. The number of carbonyl (C=O) groups excluding carboxylic acids is 3. The lowest BCUT2D eigenvalue weighted by molar-refractivity contribution is -0.115. The summed E-state index contributed by atoms with van der Waals surface area (Å²) in [5, 5.41) is 2.55. The Hall–Kier alpha value is -3.46. The number of allylic oxidation sites excluding steroid dienone is 1. The second-order valence-electron chi connectivity index (χ2n) is 8.06. The van der Waals surface area contributed by atoms with Crippen molar-refractivity contribution < 1.29 is 27.0 Å². The Bertz CT molecular complexity index is 1290. The fourth-order valence-electron chi connectivity index (χ4n) is 3.99. The monoisotopic (exact) mass is 440 g/mol. The highest BCUT2D eigenvalue weighted by Gasteiger charge is 2.47. The zero-order valence-corrected chi connectivity index (χ0v) is 18.2. The van der Waals surface area contributed by atoms with Gasteiger partial charge in [0, 0.05) is 18.2 Å². The zero-order valence-electron chi connectivity index (χ0n) is 17.3. The van der Waals surface area contributed by atoms with Gasteiger partial charge in [0.2, 0.25) is 5.91 Å². The van der Waals surface area contributed by atoms with Gasteiger partial charge in [-0.2, -0.15) is 8.42 Å². The molecule has 0 saturated heterocycles. The number of nitrogens with one attached hydrogen (secondary N) is 1. The van der Waals surface area contributed by atoms with E-state index >= 15 is 0 Å². The van der Waals surface area contributed by atoms with Crippen molar-refractivity contribution >= 4 is 44.7 Å². The number of Topliss-reactive ketones (excluding diaryl/α,β-unsaturated/α-hetero) is 1. The molecule has 0 aliphatic carbocycles. The minimum Gasteiger partial charge on any atom is -0.379 e. The van der Waals surface area contributed by atoms with Gasteiger partial charge < -0.3 is 9.50 Å². The van der Waals surface area contributed by atoms with E-state index in [1.807, 2.05) is 26.8 Å². The number of hydrogen-bond donors (Lipinski definition) is 1. The lowest BCUT2D eigenvalue weighted by atomic mass is 9.89. The highest BCUT2D eigenvalue weighted by molar-refractivity contribution is 7.87. The summed E-state index contributed by atoms with van der Waals surface area (Å²) in [6.07, 6.45) is 1.86. The van der Waals surface area contributed by atoms with E-state index in [1.54, 1.807) is 0 Å². The van der Waals surface area contributed by atoms with Crippen molar-refractivity contribution in [2.45, 2.75) is 38.1 Å². The topological polar surface area (TPSA) is 110 Å². The van der Waals surface area contributed by atoms with Crippen molar-refractivity contribution in [1.82, 2.24) is 0 Å². The van der Waals surface area contributed by atoms with Crippen LogP contribution in [0, 0.1) is 0 Å². The minimum absolute atomic E-state index is 0.0601. The van der Waals surface area contributed by atoms with Crippen LogP contribution in [0.5, 0.6) is 5.75 Å². The predicted molar refractivity (Wildman–Crippen MR) is 115 cm³/mol. The van der Waals surface area contributed by atoms with Crippen LogP contribution in [0.1, 0.15) is 43.6 Å². The van der Waals surface area contributed by atoms with Crippen LogP contribution >= 0.6 is 0 Å². The van der Waals surface area contributed by atoms with E-state index in [9.17, 15) is 22.8 Å². The lowest BCUT2D eigenvalue weighted by Gasteiger charge is -2.38. The summed E-state index contributed by atoms with van der Waals surface area (Å²) in [6, 6.07) is 8.31. The van der Waals surface area contributed by atoms with Crippen molar-refractivity contribution in [3.63, 3.8) is 0 Å². The molecule has 0 bridgehead atoms. The standard InChI is InChI=1S/C22H20N2O6S/c1-12-11-22(3,4)24-19-17(12)9-15(10-18(19)20(26)21(24)27)30-31(28,29)16-7-5-14(6-8-16)23-13(2)25/h5-11H,1-4H3,(H,23,25). The summed E-state index contributed by atoms with van der Waals surface area (Å²) < 4.78 is 30.8. The number of nitrogens with zero attached hydrogens (tertiary/aromatic N) is 1. The molecule has 0 radical (unpaired) electrons. The number of hydrogen-bond acceptors (Lipinski definition) is 6. The van der Waals surface area contributed by atoms with Gasteiger partial charge in [0.05, 0.1) is 16.8 Å². The van der Waals surface area contributed by atoms with Gasteiger partial charge in [-0.25, -0.2) is 0 Å². The first-order valence-electron chi connectivity index (χ1n) is 9.49. The van der Waals surface area contributed by atoms with Crippen LogP contribution < -0.4 is 14.4 Å². The number of carbonyl (C=O) groups is 3. The van der Waals surface area contributed by atoms with Crippen molar-refractivity contribution in [3.05, 3.63) is 53.6 Å². The molecule has 31 heavy (non-hydrogen) atoms. The van der Waals surface area contributed by atoms with Gasteiger partial charge in [-0.05, 0) is 62.7 Å². The summed E-state index contributed by atoms with van der Waals surface area (Å²) in [5.74, 6) is -1.69. The van der Waals surface area contributed by atoms with Gasteiger partial charge in [-0.15, -0.1) is 0 Å². The van der Waals surface area contributed by atoms with Crippen molar-refractivity contribution in [2.24, 2.45) is 0 Å². The van der Waals surface area contributed by atoms with Crippen molar-refractivity contribution in [2.75, 3.05) is 10.2 Å². The molecule has 2 heterocycles. The first kappa shape index (κ1) is 20.8. The Labute approximate surface area is 179 Å². The lowest BCUT2D eigenvalue weighted by Crippen LogP contribution is -2.47. The Kier molecular flexibility index (Phi) is 4.55. The molecule has 2 aliphatic rings. The third kappa shape index (κ3) is 3.40. The Morgan fingerprint density at radius 1 is 1.06 bits per heavy atom. The Morgan fingerprint density at radius 2 is 1.68 bits per heavy atom. The zero-order chi connectivity index (χ0) is 22.7. The highest BCUT2D eigenvalue weighted by Crippen LogP contribution is 2.47. The van der Waals surface area contributed by atoms with Crippen LogP contribution in [0.2, 0.25) is 0 Å². The first-order chi connectivity index (χ1) is 14.4. The number of anilines is 2. The largest absolute Gasteiger partial charge is 0.379 e. The second-order valence-corrected chi connectivity index (χ2v) is 9.61. The molecule has 0 unspecified atom stereocenters. The molecule has 2 aromatic carbocycles. The van der Waals surface area contributed by atoms with Gasteiger partial charge in [-0.3, -0.25) is 19.3 Å². The molecule has 0 spiro atoms. The summed E-state index contributed by atoms with van der Waals surface area (Å²) in [5.41, 5.74) is 1.74. The molecule has 9 heteroatoms. The van der Waals surface area contributed by atoms with E-state index in [4.69, 9.17) is 4.18 Å². The van der Waals surface area contributed by atoms with Crippen molar-refractivity contribution in [1.29, 1.82) is 0 Å². The predicted octanol–water partition coefficient (Wildman–Crippen LogP) is 3.14. The number of ketones is 1. The SMILES string of the molecule is CC(=O)Nc1ccc(S(=O)(=O)Oc2cc3c4c(c2)C(C)=CC(C)(C)N4C(=O)C3=O)cc1. The van der Waals surface area contributed by atoms with Crippen LogP contribution in [0.25, 0.3) is 5.57 Å². The molecule has 2 amide bonds. The van der Waals surface area contributed by atoms with E-state index in [0.29, 0.717) is 16.9 Å². The van der Waals surface area contributed by atoms with Crippen LogP contribution in [0.15, 0.2) is 47.4 Å². The van der Waals surface area contributed by atoms with Gasteiger partial charge >= 0.3 is 10.1 Å². The van der Waals surface area contributed by atoms with Gasteiger partial charge in [0.1, 0.15) is 10.6 Å². The van der Waals surface area contributed by atoms with Crippen LogP contribution in [0.3, 0.4) is 0 Å². The molecule has 0 aromatic heterocycles. The fraction of sp³-hybridized carbons (Fsp3) is 0.227. The summed E-state index contributed by atoms with van der Waals surface area (Å²) in [7, 11) is -4.21. The van der Waals surface area contributed by atoms with Crippen LogP contribution in [-0.4, -0.2) is 31.6 Å². The average molecular weight is 440 g/mol. The molecule has 2 aromatic rings. The maximum absolute atomic E-state index is 12.8. The molecule has 0 atom stereocenters. The van der Waals surface area contributed by atoms with E-state index < -0.39 is 27.3 Å². The Morgan fingerprint density at radius 3 is 2.29 bits per heavy atom. The molecule has 8 nitrogen and oxygen atoms in total. The fourth-order valence-corrected chi connectivity index (χ4v) is 4.91. The van der Waals surface area contributed by atoms with Crippen LogP contribution in [-0.2, 0) is 19.7 Å². The van der Waals surface area contributed by atoms with E-state index in [1.165, 1.54) is 48.2 Å². The highest BCUT2D eigenvalue weighted by atomic mass is 32.2.